The van der Waals surface area contributed by atoms with Gasteiger partial charge in [-0.2, -0.15) is 0 Å². The third-order valence-corrected chi connectivity index (χ3v) is 5.07. The number of allylic oxidation sites excluding steroid dienone is 7. The number of hydrogen-bond acceptors (Lipinski definition) is 5. The van der Waals surface area contributed by atoms with Crippen LogP contribution in [0, 0.1) is 12.3 Å². The third-order valence-electron chi connectivity index (χ3n) is 3.94. The summed E-state index contributed by atoms with van der Waals surface area (Å²) < 4.78 is 15.6. The molecule has 1 atom stereocenters. The van der Waals surface area contributed by atoms with Crippen molar-refractivity contribution in [1.82, 2.24) is 0 Å². The minimum Gasteiger partial charge on any atom is -0.512 e. The Hall–Kier alpha value is -2.42. The van der Waals surface area contributed by atoms with Gasteiger partial charge < -0.3 is 24.9 Å². The summed E-state index contributed by atoms with van der Waals surface area (Å²) in [5.41, 5.74) is 2.73. The van der Waals surface area contributed by atoms with Gasteiger partial charge in [0.1, 0.15) is 12.0 Å². The van der Waals surface area contributed by atoms with Crippen LogP contribution in [-0.4, -0.2) is 34.9 Å². The first-order valence-electron chi connectivity index (χ1n) is 10.2. The van der Waals surface area contributed by atoms with Crippen molar-refractivity contribution in [3.05, 3.63) is 71.6 Å². The Morgan fingerprint density at radius 3 is 2.30 bits per heavy atom. The normalized spacial score (nSPS) is 19.2. The molecule has 0 radical (unpaired) electrons. The van der Waals surface area contributed by atoms with E-state index in [-0.39, 0.29) is 12.0 Å². The van der Waals surface area contributed by atoms with Crippen LogP contribution >= 0.6 is 19.2 Å². The van der Waals surface area contributed by atoms with Crippen molar-refractivity contribution in [3.8, 4) is 18.1 Å². The number of rotatable bonds is 5. The Labute approximate surface area is 203 Å². The second-order valence-electron chi connectivity index (χ2n) is 6.58. The number of aliphatic hydroxyl groups is 1. The maximum Gasteiger partial charge on any atom is 0.346 e. The van der Waals surface area contributed by atoms with Crippen molar-refractivity contribution < 1.29 is 24.2 Å². The number of phenolic OH excluding ortho intramolecular Hbond substituents is 1. The van der Waals surface area contributed by atoms with Crippen LogP contribution in [0.15, 0.2) is 66.0 Å². The lowest BCUT2D eigenvalue weighted by Gasteiger charge is -2.12. The molecule has 1 unspecified atom stereocenters. The SMILES string of the molecule is C#CC.C/C1=C/C=C(/O)C/C=C\C=C/C1.CCc1cc(NCP(=O)(O)OC)ccc1O.CCl. The molecular formula is C25H37ClNO5P. The summed E-state index contributed by atoms with van der Waals surface area (Å²) in [6.07, 6.45) is 19.9. The number of terminal acetylenes is 1. The quantitative estimate of drug-likeness (QED) is 0.152. The molecule has 0 spiro atoms. The van der Waals surface area contributed by atoms with Crippen molar-refractivity contribution in [2.24, 2.45) is 0 Å². The second kappa shape index (κ2) is 20.2. The fraction of sp³-hybridized carbons (Fsp3) is 0.360. The van der Waals surface area contributed by atoms with Crippen molar-refractivity contribution in [1.29, 1.82) is 0 Å². The van der Waals surface area contributed by atoms with Gasteiger partial charge in [0.05, 0.1) is 5.76 Å². The second-order valence-corrected chi connectivity index (χ2v) is 8.53. The van der Waals surface area contributed by atoms with Crippen LogP contribution < -0.4 is 5.32 Å². The van der Waals surface area contributed by atoms with Gasteiger partial charge in [-0.25, -0.2) is 0 Å². The van der Waals surface area contributed by atoms with Crippen LogP contribution in [0.25, 0.3) is 0 Å². The van der Waals surface area contributed by atoms with Gasteiger partial charge in [-0.15, -0.1) is 23.9 Å². The first-order chi connectivity index (χ1) is 15.7. The highest BCUT2D eigenvalue weighted by molar-refractivity contribution is 7.52. The van der Waals surface area contributed by atoms with E-state index in [2.05, 4.69) is 46.8 Å². The number of halogens is 1. The summed E-state index contributed by atoms with van der Waals surface area (Å²) in [7, 11) is -2.36. The molecule has 8 heteroatoms. The molecule has 1 aromatic rings. The van der Waals surface area contributed by atoms with Gasteiger partial charge in [-0.05, 0) is 56.5 Å². The topological polar surface area (TPSA) is 99.0 Å². The number of aryl methyl sites for hydroxylation is 1. The lowest BCUT2D eigenvalue weighted by molar-refractivity contribution is 0.318. The molecule has 184 valence electrons. The Kier molecular flexibility index (Phi) is 20.1. The highest BCUT2D eigenvalue weighted by atomic mass is 35.5. The largest absolute Gasteiger partial charge is 0.512 e. The number of anilines is 1. The molecular weight excluding hydrogens is 461 g/mol. The van der Waals surface area contributed by atoms with Gasteiger partial charge in [0, 0.05) is 25.6 Å². The molecule has 1 aliphatic rings. The molecule has 1 aliphatic carbocycles. The fourth-order valence-electron chi connectivity index (χ4n) is 2.21. The molecule has 0 saturated carbocycles. The van der Waals surface area contributed by atoms with Gasteiger partial charge in [0.2, 0.25) is 0 Å². The minimum absolute atomic E-state index is 0.155. The highest BCUT2D eigenvalue weighted by Crippen LogP contribution is 2.40. The summed E-state index contributed by atoms with van der Waals surface area (Å²) in [6.45, 7) is 5.63. The predicted molar refractivity (Wildman–Crippen MR) is 141 cm³/mol. The molecule has 0 aliphatic heterocycles. The van der Waals surface area contributed by atoms with E-state index < -0.39 is 7.60 Å². The van der Waals surface area contributed by atoms with E-state index in [1.807, 2.05) is 31.2 Å². The van der Waals surface area contributed by atoms with Crippen LogP contribution in [0.3, 0.4) is 0 Å². The maximum absolute atomic E-state index is 11.2. The zero-order chi connectivity index (χ0) is 25.7. The number of aromatic hydroxyl groups is 1. The number of phenols is 1. The molecule has 0 aromatic heterocycles. The summed E-state index contributed by atoms with van der Waals surface area (Å²) in [4.78, 5) is 9.19. The van der Waals surface area contributed by atoms with Gasteiger partial charge >= 0.3 is 7.60 Å². The number of aliphatic hydroxyl groups excluding tert-OH is 1. The smallest absolute Gasteiger partial charge is 0.346 e. The third kappa shape index (κ3) is 17.8. The van der Waals surface area contributed by atoms with E-state index in [0.29, 0.717) is 24.3 Å². The van der Waals surface area contributed by atoms with E-state index in [4.69, 9.17) is 0 Å². The molecule has 0 fully saturated rings. The Morgan fingerprint density at radius 2 is 1.76 bits per heavy atom. The van der Waals surface area contributed by atoms with Gasteiger partial charge in [-0.3, -0.25) is 4.57 Å². The average molecular weight is 498 g/mol. The Balaban J connectivity index is 0. The highest BCUT2D eigenvalue weighted by Gasteiger charge is 2.16. The van der Waals surface area contributed by atoms with E-state index >= 15 is 0 Å². The van der Waals surface area contributed by atoms with Crippen molar-refractivity contribution in [3.63, 3.8) is 0 Å². The van der Waals surface area contributed by atoms with Crippen LogP contribution in [0.4, 0.5) is 5.69 Å². The summed E-state index contributed by atoms with van der Waals surface area (Å²) in [5.74, 6) is 2.90. The summed E-state index contributed by atoms with van der Waals surface area (Å²) in [5, 5.41) is 21.5. The Morgan fingerprint density at radius 1 is 1.18 bits per heavy atom. The van der Waals surface area contributed by atoms with Crippen molar-refractivity contribution >= 4 is 24.9 Å². The first-order valence-corrected chi connectivity index (χ1v) is 12.8. The van der Waals surface area contributed by atoms with E-state index in [1.165, 1.54) is 19.1 Å². The summed E-state index contributed by atoms with van der Waals surface area (Å²) in [6, 6.07) is 4.94. The van der Waals surface area contributed by atoms with Crippen LogP contribution in [0.1, 0.15) is 39.2 Å². The fourth-order valence-corrected chi connectivity index (χ4v) is 2.72. The molecule has 2 rings (SSSR count). The number of alkyl halides is 1. The van der Waals surface area contributed by atoms with Gasteiger partial charge in [-0.1, -0.05) is 42.9 Å². The van der Waals surface area contributed by atoms with Crippen LogP contribution in [-0.2, 0) is 15.5 Å². The van der Waals surface area contributed by atoms with E-state index in [0.717, 1.165) is 12.0 Å². The average Bonchev–Trinajstić information content (AvgIpc) is 2.81. The number of benzene rings is 1. The molecule has 4 N–H and O–H groups in total. The standard InChI is InChI=1S/C11H14O.C10H16NO4P.C3H4.CH3Cl/c1-10-6-4-2-3-5-7-11(12)9-8-10;1-3-8-6-9(4-5-10(8)12)11-7-16(13,14)15-2;1-3-2;1-2/h2-5,8-9,12H,6-7H2,1H3;4-6,11-12H,3,7H2,1-2H3,(H,13,14);1H,2H3;1H3/b4-2-,5-3-,10-8-,11-9+;;;. The van der Waals surface area contributed by atoms with Crippen LogP contribution in [0.5, 0.6) is 5.75 Å². The lowest BCUT2D eigenvalue weighted by atomic mass is 10.1. The molecule has 0 amide bonds. The van der Waals surface area contributed by atoms with Crippen molar-refractivity contribution in [2.45, 2.75) is 40.0 Å². The van der Waals surface area contributed by atoms with Crippen molar-refractivity contribution in [2.75, 3.05) is 25.1 Å². The van der Waals surface area contributed by atoms with Gasteiger partial charge in [0.25, 0.3) is 0 Å². The van der Waals surface area contributed by atoms with E-state index in [9.17, 15) is 19.7 Å². The minimum atomic E-state index is -3.55. The molecule has 0 saturated heterocycles. The molecule has 0 heterocycles. The molecule has 33 heavy (non-hydrogen) atoms. The zero-order valence-electron chi connectivity index (χ0n) is 20.1. The molecule has 0 bridgehead atoms. The number of hydrogen-bond donors (Lipinski definition) is 4. The zero-order valence-corrected chi connectivity index (χ0v) is 21.7. The maximum atomic E-state index is 11.2. The summed E-state index contributed by atoms with van der Waals surface area (Å²) >= 11 is 4.64. The molecule has 1 aromatic carbocycles. The first kappa shape index (κ1) is 32.8. The number of nitrogens with one attached hydrogen (secondary N) is 1. The van der Waals surface area contributed by atoms with E-state index in [1.54, 1.807) is 31.2 Å². The lowest BCUT2D eigenvalue weighted by Crippen LogP contribution is -2.03. The molecule has 6 nitrogen and oxygen atoms in total. The predicted octanol–water partition coefficient (Wildman–Crippen LogP) is 6.93. The van der Waals surface area contributed by atoms with Crippen LogP contribution in [0.2, 0.25) is 0 Å². The monoisotopic (exact) mass is 497 g/mol. The Bertz CT molecular complexity index is 857. The van der Waals surface area contributed by atoms with Gasteiger partial charge in [0.15, 0.2) is 0 Å².